The molecule has 0 aromatic heterocycles. The first-order valence-electron chi connectivity index (χ1n) is 7.80. The van der Waals surface area contributed by atoms with Crippen LogP contribution in [0.2, 0.25) is 0 Å². The standard InChI is InChI=1S/C19H21N/c20-19-11-9-17-12-16(8-10-18(17)19)15-6-4-14(5-7-15)13-2-1-3-13/h4-8,10,12-13,19H,1-3,9,11,20H2. The van der Waals surface area contributed by atoms with Crippen molar-refractivity contribution in [3.8, 4) is 11.1 Å². The Morgan fingerprint density at radius 2 is 1.60 bits per heavy atom. The molecule has 0 amide bonds. The molecule has 2 aromatic rings. The molecule has 2 N–H and O–H groups in total. The van der Waals surface area contributed by atoms with Gasteiger partial charge in [0.2, 0.25) is 0 Å². The zero-order valence-corrected chi connectivity index (χ0v) is 11.8. The molecule has 1 saturated carbocycles. The number of rotatable bonds is 2. The summed E-state index contributed by atoms with van der Waals surface area (Å²) in [4.78, 5) is 0. The van der Waals surface area contributed by atoms with Gasteiger partial charge in [-0.3, -0.25) is 0 Å². The van der Waals surface area contributed by atoms with Gasteiger partial charge < -0.3 is 5.73 Å². The van der Waals surface area contributed by atoms with Gasteiger partial charge in [-0.1, -0.05) is 48.9 Å². The minimum atomic E-state index is 0.250. The van der Waals surface area contributed by atoms with Crippen molar-refractivity contribution in [2.75, 3.05) is 0 Å². The van der Waals surface area contributed by atoms with Gasteiger partial charge in [0, 0.05) is 6.04 Å². The average Bonchev–Trinajstić information content (AvgIpc) is 2.79. The Bertz CT molecular complexity index is 623. The lowest BCUT2D eigenvalue weighted by atomic mass is 9.80. The molecule has 1 heteroatoms. The molecule has 0 radical (unpaired) electrons. The molecule has 20 heavy (non-hydrogen) atoms. The predicted octanol–water partition coefficient (Wildman–Crippen LogP) is 4.57. The SMILES string of the molecule is NC1CCc2cc(-c3ccc(C4CCC4)cc3)ccc21. The van der Waals surface area contributed by atoms with Gasteiger partial charge in [0.1, 0.15) is 0 Å². The number of benzene rings is 2. The molecule has 1 atom stereocenters. The number of hydrogen-bond acceptors (Lipinski definition) is 1. The van der Waals surface area contributed by atoms with Gasteiger partial charge in [-0.2, -0.15) is 0 Å². The smallest absolute Gasteiger partial charge is 0.0300 e. The fourth-order valence-electron chi connectivity index (χ4n) is 3.52. The summed E-state index contributed by atoms with van der Waals surface area (Å²) in [6.45, 7) is 0. The maximum Gasteiger partial charge on any atom is 0.0300 e. The number of aryl methyl sites for hydroxylation is 1. The number of nitrogens with two attached hydrogens (primary N) is 1. The van der Waals surface area contributed by atoms with Crippen LogP contribution < -0.4 is 5.73 Å². The minimum Gasteiger partial charge on any atom is -0.324 e. The molecule has 0 spiro atoms. The van der Waals surface area contributed by atoms with E-state index in [0.717, 1.165) is 18.8 Å². The summed E-state index contributed by atoms with van der Waals surface area (Å²) < 4.78 is 0. The van der Waals surface area contributed by atoms with Gasteiger partial charge in [0.15, 0.2) is 0 Å². The normalized spacial score (nSPS) is 21.6. The van der Waals surface area contributed by atoms with Gasteiger partial charge in [-0.15, -0.1) is 0 Å². The molecular weight excluding hydrogens is 242 g/mol. The van der Waals surface area contributed by atoms with Gasteiger partial charge in [-0.25, -0.2) is 0 Å². The van der Waals surface area contributed by atoms with E-state index >= 15 is 0 Å². The Kier molecular flexibility index (Phi) is 2.89. The van der Waals surface area contributed by atoms with E-state index in [1.54, 1.807) is 0 Å². The van der Waals surface area contributed by atoms with E-state index in [1.807, 2.05) is 0 Å². The largest absolute Gasteiger partial charge is 0.324 e. The lowest BCUT2D eigenvalue weighted by Crippen LogP contribution is -2.08. The Hall–Kier alpha value is -1.60. The summed E-state index contributed by atoms with van der Waals surface area (Å²) in [6, 6.07) is 16.2. The summed E-state index contributed by atoms with van der Waals surface area (Å²) >= 11 is 0. The summed E-state index contributed by atoms with van der Waals surface area (Å²) in [7, 11) is 0. The second-order valence-electron chi connectivity index (χ2n) is 6.31. The molecule has 1 unspecified atom stereocenters. The van der Waals surface area contributed by atoms with Crippen LogP contribution in [0.25, 0.3) is 11.1 Å². The van der Waals surface area contributed by atoms with E-state index in [1.165, 1.54) is 47.1 Å². The van der Waals surface area contributed by atoms with Gasteiger partial charge in [0.25, 0.3) is 0 Å². The summed E-state index contributed by atoms with van der Waals surface area (Å²) in [5.74, 6) is 0.821. The van der Waals surface area contributed by atoms with Crippen molar-refractivity contribution in [3.05, 3.63) is 59.2 Å². The van der Waals surface area contributed by atoms with Crippen molar-refractivity contribution in [1.82, 2.24) is 0 Å². The van der Waals surface area contributed by atoms with E-state index in [0.29, 0.717) is 0 Å². The maximum atomic E-state index is 6.11. The molecule has 0 heterocycles. The Balaban J connectivity index is 1.64. The third-order valence-electron chi connectivity index (χ3n) is 5.09. The molecule has 1 fully saturated rings. The van der Waals surface area contributed by atoms with Crippen LogP contribution in [0.1, 0.15) is 54.3 Å². The molecule has 2 aliphatic carbocycles. The molecule has 0 aliphatic heterocycles. The highest BCUT2D eigenvalue weighted by Gasteiger charge is 2.20. The van der Waals surface area contributed by atoms with Crippen LogP contribution in [0.15, 0.2) is 42.5 Å². The molecular formula is C19H21N. The van der Waals surface area contributed by atoms with Crippen molar-refractivity contribution in [2.45, 2.75) is 44.1 Å². The first kappa shape index (κ1) is 12.2. The highest BCUT2D eigenvalue weighted by molar-refractivity contribution is 5.66. The Morgan fingerprint density at radius 3 is 2.30 bits per heavy atom. The maximum absolute atomic E-state index is 6.11. The zero-order valence-electron chi connectivity index (χ0n) is 11.8. The summed E-state index contributed by atoms with van der Waals surface area (Å²) in [5, 5.41) is 0. The molecule has 0 bridgehead atoms. The van der Waals surface area contributed by atoms with Crippen LogP contribution >= 0.6 is 0 Å². The highest BCUT2D eigenvalue weighted by atomic mass is 14.6. The Labute approximate surface area is 120 Å². The van der Waals surface area contributed by atoms with Crippen molar-refractivity contribution in [2.24, 2.45) is 5.73 Å². The molecule has 2 aromatic carbocycles. The topological polar surface area (TPSA) is 26.0 Å². The fourth-order valence-corrected chi connectivity index (χ4v) is 3.52. The molecule has 1 nitrogen and oxygen atoms in total. The first-order chi connectivity index (χ1) is 9.81. The number of fused-ring (bicyclic) bond motifs is 1. The molecule has 102 valence electrons. The van der Waals surface area contributed by atoms with E-state index in [-0.39, 0.29) is 6.04 Å². The van der Waals surface area contributed by atoms with Crippen LogP contribution in [-0.2, 0) is 6.42 Å². The average molecular weight is 263 g/mol. The van der Waals surface area contributed by atoms with Crippen LogP contribution in [0.3, 0.4) is 0 Å². The van der Waals surface area contributed by atoms with Crippen LogP contribution in [0.5, 0.6) is 0 Å². The van der Waals surface area contributed by atoms with Crippen molar-refractivity contribution < 1.29 is 0 Å². The lowest BCUT2D eigenvalue weighted by molar-refractivity contribution is 0.420. The highest BCUT2D eigenvalue weighted by Crippen LogP contribution is 2.37. The third-order valence-corrected chi connectivity index (χ3v) is 5.09. The monoisotopic (exact) mass is 263 g/mol. The summed E-state index contributed by atoms with van der Waals surface area (Å²) in [6.07, 6.45) is 6.37. The minimum absolute atomic E-state index is 0.250. The predicted molar refractivity (Wildman–Crippen MR) is 83.7 cm³/mol. The van der Waals surface area contributed by atoms with E-state index in [4.69, 9.17) is 5.73 Å². The van der Waals surface area contributed by atoms with E-state index < -0.39 is 0 Å². The van der Waals surface area contributed by atoms with Crippen LogP contribution in [-0.4, -0.2) is 0 Å². The second-order valence-corrected chi connectivity index (χ2v) is 6.31. The van der Waals surface area contributed by atoms with Crippen LogP contribution in [0.4, 0.5) is 0 Å². The third kappa shape index (κ3) is 1.97. The van der Waals surface area contributed by atoms with Gasteiger partial charge in [0.05, 0.1) is 0 Å². The van der Waals surface area contributed by atoms with Gasteiger partial charge >= 0.3 is 0 Å². The van der Waals surface area contributed by atoms with E-state index in [9.17, 15) is 0 Å². The second kappa shape index (κ2) is 4.75. The molecule has 4 rings (SSSR count). The van der Waals surface area contributed by atoms with Crippen molar-refractivity contribution >= 4 is 0 Å². The number of hydrogen-bond donors (Lipinski definition) is 1. The van der Waals surface area contributed by atoms with Crippen LogP contribution in [0, 0.1) is 0 Å². The Morgan fingerprint density at radius 1 is 0.850 bits per heavy atom. The molecule has 2 aliphatic rings. The van der Waals surface area contributed by atoms with Crippen molar-refractivity contribution in [3.63, 3.8) is 0 Å². The summed E-state index contributed by atoms with van der Waals surface area (Å²) in [5.41, 5.74) is 13.1. The first-order valence-corrected chi connectivity index (χ1v) is 7.80. The molecule has 0 saturated heterocycles. The zero-order chi connectivity index (χ0) is 13.5. The quantitative estimate of drug-likeness (QED) is 0.844. The fraction of sp³-hybridized carbons (Fsp3) is 0.368. The van der Waals surface area contributed by atoms with E-state index in [2.05, 4.69) is 42.5 Å². The lowest BCUT2D eigenvalue weighted by Gasteiger charge is -2.25. The van der Waals surface area contributed by atoms with Gasteiger partial charge in [-0.05, 0) is 59.4 Å². The van der Waals surface area contributed by atoms with Crippen molar-refractivity contribution in [1.29, 1.82) is 0 Å².